The number of amides is 1. The fraction of sp³-hybridized carbons (Fsp3) is 0.552. The van der Waals surface area contributed by atoms with Crippen molar-refractivity contribution in [3.8, 4) is 11.5 Å². The number of ether oxygens (including phenoxy) is 2. The minimum atomic E-state index is -3.95. The highest BCUT2D eigenvalue weighted by molar-refractivity contribution is 7.89. The zero-order valence-corrected chi connectivity index (χ0v) is 23.1. The first-order chi connectivity index (χ1) is 17.9. The number of para-hydroxylation sites is 1. The van der Waals surface area contributed by atoms with Crippen molar-refractivity contribution in [2.45, 2.75) is 102 Å². The summed E-state index contributed by atoms with van der Waals surface area (Å²) in [5.41, 5.74) is 0.556. The van der Waals surface area contributed by atoms with Crippen LogP contribution in [0.15, 0.2) is 53.4 Å². The summed E-state index contributed by atoms with van der Waals surface area (Å²) >= 11 is 0. The van der Waals surface area contributed by atoms with Gasteiger partial charge in [0.2, 0.25) is 10.0 Å². The van der Waals surface area contributed by atoms with Gasteiger partial charge in [-0.3, -0.25) is 5.32 Å². The molecule has 0 aromatic heterocycles. The van der Waals surface area contributed by atoms with Crippen molar-refractivity contribution < 1.29 is 22.7 Å². The van der Waals surface area contributed by atoms with Crippen LogP contribution in [0, 0.1) is 0 Å². The van der Waals surface area contributed by atoms with Crippen molar-refractivity contribution in [3.63, 3.8) is 0 Å². The average Bonchev–Trinajstić information content (AvgIpc) is 2.87. The van der Waals surface area contributed by atoms with Crippen LogP contribution in [0.2, 0.25) is 0 Å². The van der Waals surface area contributed by atoms with E-state index in [0.29, 0.717) is 18.0 Å². The van der Waals surface area contributed by atoms with Gasteiger partial charge in [-0.2, -0.15) is 0 Å². The molecular weight excluding hydrogens is 488 g/mol. The number of rotatable bonds is 19. The zero-order valence-electron chi connectivity index (χ0n) is 22.3. The van der Waals surface area contributed by atoms with Gasteiger partial charge in [0.25, 0.3) is 0 Å². The van der Waals surface area contributed by atoms with E-state index in [1.54, 1.807) is 24.3 Å². The van der Waals surface area contributed by atoms with Gasteiger partial charge >= 0.3 is 6.09 Å². The van der Waals surface area contributed by atoms with Crippen LogP contribution < -0.4 is 19.9 Å². The molecule has 0 spiro atoms. The Kier molecular flexibility index (Phi) is 14.7. The summed E-state index contributed by atoms with van der Waals surface area (Å²) in [4.78, 5) is 12.2. The average molecular weight is 533 g/mol. The van der Waals surface area contributed by atoms with E-state index in [0.717, 1.165) is 19.3 Å². The molecular formula is C29H44N2O5S. The highest BCUT2D eigenvalue weighted by atomic mass is 32.2. The number of carbonyl (C=O) groups is 1. The van der Waals surface area contributed by atoms with Gasteiger partial charge < -0.3 is 9.47 Å². The summed E-state index contributed by atoms with van der Waals surface area (Å²) in [6, 6.07) is 12.8. The van der Waals surface area contributed by atoms with Crippen molar-refractivity contribution in [1.29, 1.82) is 0 Å². The molecule has 8 heteroatoms. The van der Waals surface area contributed by atoms with Gasteiger partial charge in [0, 0.05) is 11.8 Å². The molecule has 3 N–H and O–H groups in total. The van der Waals surface area contributed by atoms with Gasteiger partial charge in [-0.25, -0.2) is 18.4 Å². The molecule has 0 aliphatic rings. The molecule has 0 heterocycles. The molecule has 206 valence electrons. The Balaban J connectivity index is 1.68. The number of anilines is 1. The van der Waals surface area contributed by atoms with Crippen molar-refractivity contribution in [2.24, 2.45) is 5.14 Å². The number of primary sulfonamides is 1. The minimum Gasteiger partial charge on any atom is -0.490 e. The molecule has 0 fully saturated rings. The molecule has 0 atom stereocenters. The number of unbranched alkanes of at least 4 members (excludes halogenated alkanes) is 13. The second-order valence-corrected chi connectivity index (χ2v) is 11.0. The maximum absolute atomic E-state index is 12.3. The molecule has 0 aliphatic heterocycles. The van der Waals surface area contributed by atoms with Crippen molar-refractivity contribution >= 4 is 21.8 Å². The lowest BCUT2D eigenvalue weighted by molar-refractivity contribution is 0.210. The highest BCUT2D eigenvalue weighted by Crippen LogP contribution is 2.30. The third-order valence-corrected chi connectivity index (χ3v) is 7.13. The van der Waals surface area contributed by atoms with E-state index in [1.807, 2.05) is 6.07 Å². The normalized spacial score (nSPS) is 11.3. The molecule has 0 saturated carbocycles. The van der Waals surface area contributed by atoms with Crippen molar-refractivity contribution in [3.05, 3.63) is 48.5 Å². The predicted octanol–water partition coefficient (Wildman–Crippen LogP) is 7.81. The van der Waals surface area contributed by atoms with Crippen LogP contribution in [0.3, 0.4) is 0 Å². The van der Waals surface area contributed by atoms with E-state index >= 15 is 0 Å². The fourth-order valence-electron chi connectivity index (χ4n) is 4.11. The van der Waals surface area contributed by atoms with Crippen LogP contribution in [-0.4, -0.2) is 21.1 Å². The molecule has 37 heavy (non-hydrogen) atoms. The molecule has 1 amide bonds. The number of benzene rings is 2. The largest absolute Gasteiger partial charge is 0.490 e. The third-order valence-electron chi connectivity index (χ3n) is 6.22. The second-order valence-electron chi connectivity index (χ2n) is 9.48. The Labute approximate surface area is 223 Å². The maximum atomic E-state index is 12.3. The molecule has 0 saturated heterocycles. The van der Waals surface area contributed by atoms with E-state index in [9.17, 15) is 13.2 Å². The molecule has 2 rings (SSSR count). The lowest BCUT2D eigenvalue weighted by Gasteiger charge is -2.13. The number of sulfonamides is 1. The van der Waals surface area contributed by atoms with Crippen LogP contribution in [0.5, 0.6) is 11.5 Å². The van der Waals surface area contributed by atoms with Gasteiger partial charge in [-0.1, -0.05) is 109 Å². The Bertz CT molecular complexity index is 1010. The fourth-order valence-corrected chi connectivity index (χ4v) is 4.64. The van der Waals surface area contributed by atoms with E-state index < -0.39 is 16.1 Å². The van der Waals surface area contributed by atoms with Crippen molar-refractivity contribution in [1.82, 2.24) is 0 Å². The first-order valence-electron chi connectivity index (χ1n) is 13.7. The number of hydrogen-bond donors (Lipinski definition) is 2. The standard InChI is InChI=1S/C29H44N2O5S/c1-2-3-4-5-6-7-8-9-10-11-12-13-14-18-23-35-27-22-21-26(37(30,33)34)24-28(27)36-29(32)31-25-19-16-15-17-20-25/h15-17,19-22,24H,2-14,18,23H2,1H3,(H,31,32)(H2,30,33,34). The monoisotopic (exact) mass is 532 g/mol. The number of hydrogen-bond acceptors (Lipinski definition) is 5. The molecule has 0 aliphatic carbocycles. The van der Waals surface area contributed by atoms with Gasteiger partial charge in [-0.05, 0) is 30.7 Å². The maximum Gasteiger partial charge on any atom is 0.417 e. The van der Waals surface area contributed by atoms with E-state index in [-0.39, 0.29) is 10.6 Å². The highest BCUT2D eigenvalue weighted by Gasteiger charge is 2.16. The smallest absolute Gasteiger partial charge is 0.417 e. The Hall–Kier alpha value is -2.58. The molecule has 7 nitrogen and oxygen atoms in total. The first kappa shape index (κ1) is 30.6. The van der Waals surface area contributed by atoms with Gasteiger partial charge in [0.05, 0.1) is 11.5 Å². The molecule has 0 radical (unpaired) electrons. The van der Waals surface area contributed by atoms with Gasteiger partial charge in [-0.15, -0.1) is 0 Å². The predicted molar refractivity (Wildman–Crippen MR) is 150 cm³/mol. The lowest BCUT2D eigenvalue weighted by atomic mass is 10.0. The van der Waals surface area contributed by atoms with Crippen LogP contribution in [0.25, 0.3) is 0 Å². The summed E-state index contributed by atoms with van der Waals surface area (Å²) in [5, 5.41) is 7.84. The third kappa shape index (κ3) is 13.5. The molecule has 2 aromatic rings. The van der Waals surface area contributed by atoms with E-state index in [2.05, 4.69) is 12.2 Å². The van der Waals surface area contributed by atoms with Crippen LogP contribution in [-0.2, 0) is 10.0 Å². The molecule has 0 bridgehead atoms. The Morgan fingerprint density at radius 3 is 1.84 bits per heavy atom. The first-order valence-corrected chi connectivity index (χ1v) is 15.3. The minimum absolute atomic E-state index is 0.00493. The molecule has 0 unspecified atom stereocenters. The van der Waals surface area contributed by atoms with Crippen molar-refractivity contribution in [2.75, 3.05) is 11.9 Å². The summed E-state index contributed by atoms with van der Waals surface area (Å²) < 4.78 is 34.7. The van der Waals surface area contributed by atoms with Gasteiger partial charge in [0.15, 0.2) is 11.5 Å². The number of nitrogens with two attached hydrogens (primary N) is 1. The summed E-state index contributed by atoms with van der Waals surface area (Å²) in [6.07, 6.45) is 17.1. The Morgan fingerprint density at radius 2 is 1.30 bits per heavy atom. The molecule has 2 aromatic carbocycles. The Morgan fingerprint density at radius 1 is 0.757 bits per heavy atom. The summed E-state index contributed by atoms with van der Waals surface area (Å²) in [5.74, 6) is 0.302. The second kappa shape index (κ2) is 17.8. The van der Waals surface area contributed by atoms with E-state index in [4.69, 9.17) is 14.6 Å². The van der Waals surface area contributed by atoms with Crippen LogP contribution >= 0.6 is 0 Å². The number of nitrogens with one attached hydrogen (secondary N) is 1. The zero-order chi connectivity index (χ0) is 26.8. The van der Waals surface area contributed by atoms with E-state index in [1.165, 1.54) is 88.8 Å². The summed E-state index contributed by atoms with van der Waals surface area (Å²) in [7, 11) is -3.95. The lowest BCUT2D eigenvalue weighted by Crippen LogP contribution is -2.18. The van der Waals surface area contributed by atoms with Gasteiger partial charge in [0.1, 0.15) is 0 Å². The van der Waals surface area contributed by atoms with Crippen LogP contribution in [0.1, 0.15) is 96.8 Å². The quantitative estimate of drug-likeness (QED) is 0.179. The topological polar surface area (TPSA) is 108 Å². The number of carbonyl (C=O) groups excluding carboxylic acids is 1. The van der Waals surface area contributed by atoms with Crippen LogP contribution in [0.4, 0.5) is 10.5 Å². The summed E-state index contributed by atoms with van der Waals surface area (Å²) in [6.45, 7) is 2.70. The SMILES string of the molecule is CCCCCCCCCCCCCCCCOc1ccc(S(N)(=O)=O)cc1OC(=O)Nc1ccccc1.